The lowest BCUT2D eigenvalue weighted by molar-refractivity contribution is 0.129. The number of furan rings is 1. The molecule has 0 spiro atoms. The van der Waals surface area contributed by atoms with E-state index < -0.39 is 6.10 Å². The first kappa shape index (κ1) is 15.3. The number of aliphatic hydroxyl groups excluding tert-OH is 1. The second-order valence-corrected chi connectivity index (χ2v) is 6.10. The van der Waals surface area contributed by atoms with Crippen LogP contribution in [0.2, 0.25) is 5.02 Å². The Morgan fingerprint density at radius 1 is 1.32 bits per heavy atom. The van der Waals surface area contributed by atoms with E-state index in [0.29, 0.717) is 23.2 Å². The Kier molecular flexibility index (Phi) is 4.95. The molecule has 0 amide bonds. The fourth-order valence-electron chi connectivity index (χ4n) is 2.99. The number of aromatic nitrogens is 2. The molecule has 118 valence electrons. The molecule has 0 radical (unpaired) electrons. The highest BCUT2D eigenvalue weighted by atomic mass is 35.5. The summed E-state index contributed by atoms with van der Waals surface area (Å²) >= 11 is 5.88. The Morgan fingerprint density at radius 2 is 2.14 bits per heavy atom. The Bertz CT molecular complexity index is 574. The standard InChI is InChI=1S/C16H20ClN3O2/c17-12-10-18-16(19-11-12)20-7-3-1-2-5-13(20)9-14(21)15-6-4-8-22-15/h4,6,8,10-11,13-14,21H,1-3,5,7,9H2/t13-,14+/m1/s1. The molecule has 1 N–H and O–H groups in total. The first-order valence-corrected chi connectivity index (χ1v) is 8.07. The van der Waals surface area contributed by atoms with Crippen LogP contribution in [0.25, 0.3) is 0 Å². The highest BCUT2D eigenvalue weighted by molar-refractivity contribution is 6.30. The smallest absolute Gasteiger partial charge is 0.225 e. The van der Waals surface area contributed by atoms with Crippen molar-refractivity contribution in [3.63, 3.8) is 0 Å². The number of hydrogen-bond donors (Lipinski definition) is 1. The van der Waals surface area contributed by atoms with Crippen LogP contribution < -0.4 is 4.90 Å². The van der Waals surface area contributed by atoms with Crippen LogP contribution >= 0.6 is 11.6 Å². The second kappa shape index (κ2) is 7.11. The van der Waals surface area contributed by atoms with Gasteiger partial charge >= 0.3 is 0 Å². The van der Waals surface area contributed by atoms with Crippen molar-refractivity contribution < 1.29 is 9.52 Å². The van der Waals surface area contributed by atoms with Gasteiger partial charge in [-0.15, -0.1) is 0 Å². The van der Waals surface area contributed by atoms with Gasteiger partial charge in [-0.1, -0.05) is 24.4 Å². The maximum absolute atomic E-state index is 10.4. The predicted octanol–water partition coefficient (Wildman–Crippen LogP) is 3.60. The molecule has 3 heterocycles. The van der Waals surface area contributed by atoms with E-state index in [0.717, 1.165) is 25.8 Å². The SMILES string of the molecule is O[C@@H](C[C@H]1CCCCCN1c1ncc(Cl)cn1)c1ccco1. The van der Waals surface area contributed by atoms with Gasteiger partial charge in [0.2, 0.25) is 5.95 Å². The van der Waals surface area contributed by atoms with Crippen LogP contribution in [-0.4, -0.2) is 27.7 Å². The van der Waals surface area contributed by atoms with E-state index in [9.17, 15) is 5.11 Å². The zero-order chi connectivity index (χ0) is 15.4. The highest BCUT2D eigenvalue weighted by Crippen LogP contribution is 2.28. The molecule has 3 rings (SSSR count). The highest BCUT2D eigenvalue weighted by Gasteiger charge is 2.26. The Morgan fingerprint density at radius 3 is 2.86 bits per heavy atom. The molecule has 6 heteroatoms. The van der Waals surface area contributed by atoms with Gasteiger partial charge in [-0.05, 0) is 25.0 Å². The van der Waals surface area contributed by atoms with Crippen molar-refractivity contribution in [2.45, 2.75) is 44.2 Å². The summed E-state index contributed by atoms with van der Waals surface area (Å²) < 4.78 is 5.31. The van der Waals surface area contributed by atoms with Crippen LogP contribution in [0, 0.1) is 0 Å². The molecule has 0 unspecified atom stereocenters. The lowest BCUT2D eigenvalue weighted by Crippen LogP contribution is -2.37. The quantitative estimate of drug-likeness (QED) is 0.932. The Hall–Kier alpha value is -1.59. The van der Waals surface area contributed by atoms with Gasteiger partial charge in [0.15, 0.2) is 0 Å². The van der Waals surface area contributed by atoms with Crippen molar-refractivity contribution in [3.8, 4) is 0 Å². The molecule has 1 saturated heterocycles. The van der Waals surface area contributed by atoms with Gasteiger partial charge in [0, 0.05) is 19.0 Å². The van der Waals surface area contributed by atoms with E-state index in [1.165, 1.54) is 6.42 Å². The average molecular weight is 322 g/mol. The summed E-state index contributed by atoms with van der Waals surface area (Å²) in [5.41, 5.74) is 0. The average Bonchev–Trinajstić information content (AvgIpc) is 2.97. The van der Waals surface area contributed by atoms with Crippen molar-refractivity contribution >= 4 is 17.5 Å². The van der Waals surface area contributed by atoms with E-state index in [-0.39, 0.29) is 6.04 Å². The Labute approximate surface area is 134 Å². The van der Waals surface area contributed by atoms with Crippen LogP contribution in [0.4, 0.5) is 5.95 Å². The molecular formula is C16H20ClN3O2. The monoisotopic (exact) mass is 321 g/mol. The van der Waals surface area contributed by atoms with Gasteiger partial charge in [0.1, 0.15) is 11.9 Å². The minimum Gasteiger partial charge on any atom is -0.467 e. The van der Waals surface area contributed by atoms with Gasteiger partial charge in [-0.3, -0.25) is 0 Å². The fourth-order valence-corrected chi connectivity index (χ4v) is 3.09. The van der Waals surface area contributed by atoms with E-state index in [1.807, 2.05) is 6.07 Å². The fraction of sp³-hybridized carbons (Fsp3) is 0.500. The minimum atomic E-state index is -0.604. The van der Waals surface area contributed by atoms with E-state index in [2.05, 4.69) is 14.9 Å². The largest absolute Gasteiger partial charge is 0.467 e. The topological polar surface area (TPSA) is 62.4 Å². The second-order valence-electron chi connectivity index (χ2n) is 5.66. The van der Waals surface area contributed by atoms with Crippen LogP contribution in [0.15, 0.2) is 35.2 Å². The third-order valence-corrected chi connectivity index (χ3v) is 4.30. The molecule has 22 heavy (non-hydrogen) atoms. The predicted molar refractivity (Wildman–Crippen MR) is 84.9 cm³/mol. The third kappa shape index (κ3) is 3.59. The van der Waals surface area contributed by atoms with Crippen molar-refractivity contribution in [1.82, 2.24) is 9.97 Å². The van der Waals surface area contributed by atoms with Crippen LogP contribution in [0.3, 0.4) is 0 Å². The normalized spacial score (nSPS) is 20.6. The summed E-state index contributed by atoms with van der Waals surface area (Å²) in [5, 5.41) is 10.9. The number of aliphatic hydroxyl groups is 1. The maximum Gasteiger partial charge on any atom is 0.225 e. The summed E-state index contributed by atoms with van der Waals surface area (Å²) in [4.78, 5) is 10.9. The van der Waals surface area contributed by atoms with Gasteiger partial charge in [-0.2, -0.15) is 0 Å². The van der Waals surface area contributed by atoms with Crippen LogP contribution in [-0.2, 0) is 0 Å². The van der Waals surface area contributed by atoms with E-state index >= 15 is 0 Å². The summed E-state index contributed by atoms with van der Waals surface area (Å²) in [6.45, 7) is 0.900. The van der Waals surface area contributed by atoms with Gasteiger partial charge in [-0.25, -0.2) is 9.97 Å². The summed E-state index contributed by atoms with van der Waals surface area (Å²) in [5.74, 6) is 1.30. The maximum atomic E-state index is 10.4. The van der Waals surface area contributed by atoms with E-state index in [1.54, 1.807) is 24.7 Å². The number of hydrogen-bond acceptors (Lipinski definition) is 5. The van der Waals surface area contributed by atoms with Gasteiger partial charge < -0.3 is 14.4 Å². The third-order valence-electron chi connectivity index (χ3n) is 4.11. The molecule has 1 aliphatic heterocycles. The van der Waals surface area contributed by atoms with Gasteiger partial charge in [0.05, 0.1) is 23.7 Å². The van der Waals surface area contributed by atoms with Crippen molar-refractivity contribution in [3.05, 3.63) is 41.6 Å². The van der Waals surface area contributed by atoms with E-state index in [4.69, 9.17) is 16.0 Å². The lowest BCUT2D eigenvalue weighted by Gasteiger charge is -2.31. The molecule has 1 fully saturated rings. The molecule has 0 saturated carbocycles. The van der Waals surface area contributed by atoms with Crippen molar-refractivity contribution in [2.24, 2.45) is 0 Å². The number of rotatable bonds is 4. The van der Waals surface area contributed by atoms with Crippen molar-refractivity contribution in [2.75, 3.05) is 11.4 Å². The molecule has 5 nitrogen and oxygen atoms in total. The van der Waals surface area contributed by atoms with Crippen LogP contribution in [0.1, 0.15) is 44.0 Å². The molecule has 0 bridgehead atoms. The summed E-state index contributed by atoms with van der Waals surface area (Å²) in [6.07, 6.45) is 9.31. The molecule has 2 aromatic heterocycles. The summed E-state index contributed by atoms with van der Waals surface area (Å²) in [7, 11) is 0. The minimum absolute atomic E-state index is 0.198. The molecule has 1 aliphatic rings. The zero-order valence-electron chi connectivity index (χ0n) is 12.4. The number of nitrogens with zero attached hydrogens (tertiary/aromatic N) is 3. The number of halogens is 1. The van der Waals surface area contributed by atoms with Gasteiger partial charge in [0.25, 0.3) is 0 Å². The first-order valence-electron chi connectivity index (χ1n) is 7.69. The van der Waals surface area contributed by atoms with Crippen LogP contribution in [0.5, 0.6) is 0 Å². The molecule has 0 aliphatic carbocycles. The molecular weight excluding hydrogens is 302 g/mol. The summed E-state index contributed by atoms with van der Waals surface area (Å²) in [6, 6.07) is 3.81. The Balaban J connectivity index is 1.77. The molecule has 0 aromatic carbocycles. The van der Waals surface area contributed by atoms with Crippen molar-refractivity contribution in [1.29, 1.82) is 0 Å². The first-order chi connectivity index (χ1) is 10.7. The zero-order valence-corrected chi connectivity index (χ0v) is 13.1. The molecule has 2 aromatic rings. The molecule has 2 atom stereocenters. The number of anilines is 1. The lowest BCUT2D eigenvalue weighted by atomic mass is 10.0.